The van der Waals surface area contributed by atoms with Crippen molar-refractivity contribution >= 4 is 30.9 Å². The van der Waals surface area contributed by atoms with E-state index in [1.165, 1.54) is 0 Å². The smallest absolute Gasteiger partial charge is 0.345 e. The van der Waals surface area contributed by atoms with Crippen LogP contribution in [-0.2, 0) is 9.09 Å². The summed E-state index contributed by atoms with van der Waals surface area (Å²) in [5, 5.41) is 11.9. The molecule has 1 aliphatic rings. The van der Waals surface area contributed by atoms with Gasteiger partial charge in [0.1, 0.15) is 6.23 Å². The van der Waals surface area contributed by atoms with Crippen LogP contribution < -0.4 is 5.09 Å². The number of halogens is 2. The molecule has 2 atom stereocenters. The zero-order valence-electron chi connectivity index (χ0n) is 8.23. The zero-order valence-corrected chi connectivity index (χ0v) is 10.6. The number of hydrogen-bond donors (Lipinski definition) is 2. The fourth-order valence-corrected chi connectivity index (χ4v) is 3.94. The Kier molecular flexibility index (Phi) is 5.85. The normalized spacial score (nSPS) is 32.1. The Hall–Kier alpha value is 0.650. The average Bonchev–Trinajstić information content (AvgIpc) is 2.17. The molecule has 0 aromatic heterocycles. The van der Waals surface area contributed by atoms with Crippen LogP contribution in [-0.4, -0.2) is 47.5 Å². The van der Waals surface area contributed by atoms with Crippen LogP contribution in [0.5, 0.6) is 0 Å². The Labute approximate surface area is 99.2 Å². The van der Waals surface area contributed by atoms with Crippen LogP contribution in [0, 0.1) is 0 Å². The van der Waals surface area contributed by atoms with Gasteiger partial charge >= 0.3 is 7.67 Å². The van der Waals surface area contributed by atoms with E-state index < -0.39 is 13.9 Å². The third-order valence-corrected chi connectivity index (χ3v) is 4.67. The molecule has 0 saturated carbocycles. The van der Waals surface area contributed by atoms with E-state index >= 15 is 0 Å². The van der Waals surface area contributed by atoms with E-state index in [-0.39, 0.29) is 6.61 Å². The standard InChI is InChI=1S/C7H15Cl2N2O3P/c8-2-4-11(5-3-9)15(13)10-7(12)1-6-14-15/h7,12H,1-6H2,(H,10,13)/t7-,15?/m0/s1. The molecule has 0 amide bonds. The molecule has 0 aromatic carbocycles. The highest BCUT2D eigenvalue weighted by molar-refractivity contribution is 7.54. The van der Waals surface area contributed by atoms with Gasteiger partial charge in [-0.15, -0.1) is 23.2 Å². The lowest BCUT2D eigenvalue weighted by Crippen LogP contribution is -2.41. The number of hydrogen-bond acceptors (Lipinski definition) is 3. The predicted molar refractivity (Wildman–Crippen MR) is 60.3 cm³/mol. The van der Waals surface area contributed by atoms with Gasteiger partial charge in [0.15, 0.2) is 0 Å². The van der Waals surface area contributed by atoms with Crippen molar-refractivity contribution in [1.29, 1.82) is 0 Å². The molecule has 1 fully saturated rings. The van der Waals surface area contributed by atoms with Gasteiger partial charge in [-0.05, 0) is 0 Å². The van der Waals surface area contributed by atoms with Gasteiger partial charge in [0, 0.05) is 31.3 Å². The summed E-state index contributed by atoms with van der Waals surface area (Å²) in [6, 6.07) is 0. The summed E-state index contributed by atoms with van der Waals surface area (Å²) in [4.78, 5) is 0. The van der Waals surface area contributed by atoms with Gasteiger partial charge in [0.2, 0.25) is 0 Å². The molecule has 0 spiro atoms. The van der Waals surface area contributed by atoms with E-state index in [9.17, 15) is 9.67 Å². The van der Waals surface area contributed by atoms with Gasteiger partial charge in [-0.25, -0.2) is 9.76 Å². The topological polar surface area (TPSA) is 61.8 Å². The summed E-state index contributed by atoms with van der Waals surface area (Å²) in [5.74, 6) is 0.671. The Balaban J connectivity index is 2.66. The Morgan fingerprint density at radius 1 is 1.47 bits per heavy atom. The fourth-order valence-electron chi connectivity index (χ4n) is 1.31. The molecule has 0 radical (unpaired) electrons. The summed E-state index contributed by atoms with van der Waals surface area (Å²) < 4.78 is 19.0. The predicted octanol–water partition coefficient (Wildman–Crippen LogP) is 1.20. The highest BCUT2D eigenvalue weighted by Crippen LogP contribution is 2.49. The second-order valence-electron chi connectivity index (χ2n) is 3.12. The number of alkyl halides is 2. The van der Waals surface area contributed by atoms with Crippen LogP contribution in [0.15, 0.2) is 0 Å². The Morgan fingerprint density at radius 3 is 2.53 bits per heavy atom. The van der Waals surface area contributed by atoms with E-state index in [0.29, 0.717) is 31.3 Å². The van der Waals surface area contributed by atoms with Crippen molar-refractivity contribution in [2.75, 3.05) is 31.5 Å². The molecule has 1 aliphatic heterocycles. The van der Waals surface area contributed by atoms with Crippen LogP contribution in [0.4, 0.5) is 0 Å². The molecule has 0 aromatic rings. The first-order valence-electron chi connectivity index (χ1n) is 4.70. The Bertz CT molecular complexity index is 238. The van der Waals surface area contributed by atoms with Gasteiger partial charge in [-0.2, -0.15) is 0 Å². The first-order valence-corrected chi connectivity index (χ1v) is 7.35. The van der Waals surface area contributed by atoms with Crippen LogP contribution in [0.25, 0.3) is 0 Å². The lowest BCUT2D eigenvalue weighted by atomic mass is 10.4. The minimum Gasteiger partial charge on any atom is -0.378 e. The summed E-state index contributed by atoms with van der Waals surface area (Å²) in [7, 11) is -3.15. The first kappa shape index (κ1) is 13.7. The van der Waals surface area contributed by atoms with Crippen molar-refractivity contribution < 1.29 is 14.2 Å². The lowest BCUT2D eigenvalue weighted by molar-refractivity contribution is 0.0885. The molecule has 2 N–H and O–H groups in total. The molecule has 0 aliphatic carbocycles. The number of aliphatic hydroxyl groups is 1. The van der Waals surface area contributed by atoms with Crippen molar-refractivity contribution in [2.45, 2.75) is 12.6 Å². The molecule has 1 unspecified atom stereocenters. The number of nitrogens with zero attached hydrogens (tertiary/aromatic N) is 1. The largest absolute Gasteiger partial charge is 0.378 e. The molecule has 0 bridgehead atoms. The van der Waals surface area contributed by atoms with Crippen molar-refractivity contribution in [3.8, 4) is 0 Å². The summed E-state index contributed by atoms with van der Waals surface area (Å²) in [6.07, 6.45) is -0.364. The van der Waals surface area contributed by atoms with Gasteiger partial charge in [0.25, 0.3) is 0 Å². The van der Waals surface area contributed by atoms with Crippen LogP contribution in [0.3, 0.4) is 0 Å². The van der Waals surface area contributed by atoms with Crippen molar-refractivity contribution in [2.24, 2.45) is 0 Å². The third kappa shape index (κ3) is 3.86. The highest BCUT2D eigenvalue weighted by atomic mass is 35.5. The maximum Gasteiger partial charge on any atom is 0.345 e. The molecule has 1 heterocycles. The molecule has 5 nitrogen and oxygen atoms in total. The van der Waals surface area contributed by atoms with Crippen molar-refractivity contribution in [1.82, 2.24) is 9.76 Å². The maximum atomic E-state index is 12.2. The number of rotatable bonds is 5. The van der Waals surface area contributed by atoms with Crippen LogP contribution >= 0.6 is 30.9 Å². The van der Waals surface area contributed by atoms with E-state index in [4.69, 9.17) is 27.7 Å². The van der Waals surface area contributed by atoms with Crippen molar-refractivity contribution in [3.63, 3.8) is 0 Å². The molecule has 90 valence electrons. The van der Waals surface area contributed by atoms with E-state index in [1.54, 1.807) is 4.67 Å². The summed E-state index contributed by atoms with van der Waals surface area (Å²) in [5.41, 5.74) is 0. The lowest BCUT2D eigenvalue weighted by Gasteiger charge is -2.35. The van der Waals surface area contributed by atoms with Gasteiger partial charge in [0.05, 0.1) is 6.61 Å². The van der Waals surface area contributed by atoms with Gasteiger partial charge in [-0.3, -0.25) is 4.57 Å². The minimum absolute atomic E-state index is 0.270. The molecule has 1 rings (SSSR count). The first-order chi connectivity index (χ1) is 7.12. The quantitative estimate of drug-likeness (QED) is 0.584. The molecule has 1 saturated heterocycles. The second kappa shape index (κ2) is 6.40. The summed E-state index contributed by atoms with van der Waals surface area (Å²) >= 11 is 11.2. The third-order valence-electron chi connectivity index (χ3n) is 2.03. The summed E-state index contributed by atoms with van der Waals surface area (Å²) in [6.45, 7) is 1.09. The minimum atomic E-state index is -3.15. The number of nitrogens with one attached hydrogen (secondary N) is 1. The second-order valence-corrected chi connectivity index (χ2v) is 6.00. The number of aliphatic hydroxyl groups excluding tert-OH is 1. The Morgan fingerprint density at radius 2 is 2.07 bits per heavy atom. The van der Waals surface area contributed by atoms with Gasteiger partial charge in [-0.1, -0.05) is 0 Å². The van der Waals surface area contributed by atoms with E-state index in [0.717, 1.165) is 0 Å². The van der Waals surface area contributed by atoms with E-state index in [2.05, 4.69) is 5.09 Å². The molecular weight excluding hydrogens is 262 g/mol. The zero-order chi connectivity index (χ0) is 11.3. The molecular formula is C7H15Cl2N2O3P. The maximum absolute atomic E-state index is 12.2. The highest BCUT2D eigenvalue weighted by Gasteiger charge is 2.36. The van der Waals surface area contributed by atoms with Crippen LogP contribution in [0.2, 0.25) is 0 Å². The molecule has 8 heteroatoms. The molecule has 15 heavy (non-hydrogen) atoms. The van der Waals surface area contributed by atoms with Crippen molar-refractivity contribution in [3.05, 3.63) is 0 Å². The fraction of sp³-hybridized carbons (Fsp3) is 1.00. The average molecular weight is 277 g/mol. The van der Waals surface area contributed by atoms with Crippen LogP contribution in [0.1, 0.15) is 6.42 Å². The van der Waals surface area contributed by atoms with E-state index in [1.807, 2.05) is 0 Å². The monoisotopic (exact) mass is 276 g/mol. The van der Waals surface area contributed by atoms with Gasteiger partial charge < -0.3 is 9.63 Å². The SMILES string of the molecule is O=P1(N(CCCl)CCCl)N[C@@H](O)CCO1.